The molecule has 0 aliphatic heterocycles. The smallest absolute Gasteiger partial charge is 0.358 e. The highest BCUT2D eigenvalue weighted by molar-refractivity contribution is 6.74. The number of benzene rings is 3. The number of carbonyl (C=O) groups is 1. The van der Waals surface area contributed by atoms with Crippen LogP contribution in [0.4, 0.5) is 0 Å². The molecule has 1 atom stereocenters. The van der Waals surface area contributed by atoms with Crippen LogP contribution >= 0.6 is 0 Å². The van der Waals surface area contributed by atoms with Crippen LogP contribution in [0.25, 0.3) is 11.3 Å². The van der Waals surface area contributed by atoms with Gasteiger partial charge in [-0.05, 0) is 66.5 Å². The van der Waals surface area contributed by atoms with E-state index in [4.69, 9.17) is 24.7 Å². The number of esters is 1. The highest BCUT2D eigenvalue weighted by atomic mass is 28.4. The minimum absolute atomic E-state index is 0.100. The minimum Gasteiger partial charge on any atom is -0.464 e. The number of carbonyl (C=O) groups excluding carboxylic acids is 1. The van der Waals surface area contributed by atoms with Gasteiger partial charge in [-0.3, -0.25) is 0 Å². The Morgan fingerprint density at radius 2 is 1.50 bits per heavy atom. The summed E-state index contributed by atoms with van der Waals surface area (Å²) in [7, 11) is -0.603. The lowest BCUT2D eigenvalue weighted by molar-refractivity contribution is 0.0591. The lowest BCUT2D eigenvalue weighted by Gasteiger charge is -2.36. The molecule has 0 amide bonds. The predicted octanol–water partition coefficient (Wildman–Crippen LogP) is 7.39. The number of hydrogen-bond acceptors (Lipinski definition) is 6. The van der Waals surface area contributed by atoms with Gasteiger partial charge in [-0.1, -0.05) is 69.3 Å². The standard InChI is InChI=1S/C32H39N3O4Si/c1-32(2,3)40(5,6)38-22-21-27(23-13-9-7-10-14-23)30-34-28(29(35(30)33)31(36)37-4)24-17-19-26(20-18-24)39-25-15-11-8-12-16-25/h7-20,27H,21-22,33H2,1-6H3. The Morgan fingerprint density at radius 1 is 0.925 bits per heavy atom. The molecular weight excluding hydrogens is 518 g/mol. The van der Waals surface area contributed by atoms with Crippen LogP contribution in [0.2, 0.25) is 18.1 Å². The normalized spacial score (nSPS) is 12.7. The first-order valence-corrected chi connectivity index (χ1v) is 16.4. The van der Waals surface area contributed by atoms with Gasteiger partial charge in [-0.2, -0.15) is 0 Å². The molecule has 0 radical (unpaired) electrons. The molecule has 7 nitrogen and oxygen atoms in total. The zero-order valence-corrected chi connectivity index (χ0v) is 25.2. The first-order chi connectivity index (χ1) is 19.0. The van der Waals surface area contributed by atoms with E-state index in [0.29, 0.717) is 30.3 Å². The fraction of sp³-hybridized carbons (Fsp3) is 0.312. The fourth-order valence-electron chi connectivity index (χ4n) is 4.27. The van der Waals surface area contributed by atoms with Crippen molar-refractivity contribution in [3.8, 4) is 22.8 Å². The van der Waals surface area contributed by atoms with E-state index in [2.05, 4.69) is 46.0 Å². The van der Waals surface area contributed by atoms with E-state index in [9.17, 15) is 4.79 Å². The zero-order chi connectivity index (χ0) is 28.9. The van der Waals surface area contributed by atoms with Crippen LogP contribution < -0.4 is 10.6 Å². The van der Waals surface area contributed by atoms with Crippen molar-refractivity contribution in [3.05, 3.63) is 102 Å². The van der Waals surface area contributed by atoms with Crippen molar-refractivity contribution < 1.29 is 18.7 Å². The van der Waals surface area contributed by atoms with Gasteiger partial charge in [-0.15, -0.1) is 0 Å². The monoisotopic (exact) mass is 557 g/mol. The molecule has 210 valence electrons. The van der Waals surface area contributed by atoms with E-state index in [1.807, 2.05) is 72.8 Å². The number of rotatable bonds is 10. The summed E-state index contributed by atoms with van der Waals surface area (Å²) in [6, 6.07) is 27.1. The van der Waals surface area contributed by atoms with Crippen molar-refractivity contribution in [1.82, 2.24) is 9.66 Å². The topological polar surface area (TPSA) is 88.6 Å². The van der Waals surface area contributed by atoms with Gasteiger partial charge < -0.3 is 19.7 Å². The summed E-state index contributed by atoms with van der Waals surface area (Å²) in [5.74, 6) is 7.86. The zero-order valence-electron chi connectivity index (χ0n) is 24.2. The molecule has 1 aromatic heterocycles. The number of nitrogens with zero attached hydrogens (tertiary/aromatic N) is 2. The van der Waals surface area contributed by atoms with E-state index >= 15 is 0 Å². The molecule has 40 heavy (non-hydrogen) atoms. The summed E-state index contributed by atoms with van der Waals surface area (Å²) in [6.45, 7) is 11.7. The van der Waals surface area contributed by atoms with Crippen molar-refractivity contribution in [2.24, 2.45) is 0 Å². The molecule has 0 fully saturated rings. The lowest BCUT2D eigenvalue weighted by Crippen LogP contribution is -2.41. The Morgan fingerprint density at radius 3 is 2.08 bits per heavy atom. The first kappa shape index (κ1) is 29.1. The van der Waals surface area contributed by atoms with Gasteiger partial charge in [0.25, 0.3) is 0 Å². The molecular formula is C32H39N3O4Si. The highest BCUT2D eigenvalue weighted by Gasteiger charge is 2.37. The summed E-state index contributed by atoms with van der Waals surface area (Å²) in [6.07, 6.45) is 0.661. The number of hydrogen-bond donors (Lipinski definition) is 1. The SMILES string of the molecule is COC(=O)c1c(-c2ccc(Oc3ccccc3)cc2)nc(C(CCO[Si](C)(C)C(C)(C)C)c2ccccc2)n1N. The summed E-state index contributed by atoms with van der Waals surface area (Å²) in [5.41, 5.74) is 2.44. The molecule has 0 saturated heterocycles. The predicted molar refractivity (Wildman–Crippen MR) is 162 cm³/mol. The number of para-hydroxylation sites is 1. The summed E-state index contributed by atoms with van der Waals surface area (Å²) in [4.78, 5) is 17.9. The van der Waals surface area contributed by atoms with E-state index in [-0.39, 0.29) is 16.7 Å². The van der Waals surface area contributed by atoms with Crippen LogP contribution in [0, 0.1) is 0 Å². The van der Waals surface area contributed by atoms with E-state index < -0.39 is 14.3 Å². The van der Waals surface area contributed by atoms with Crippen molar-refractivity contribution in [2.45, 2.75) is 51.2 Å². The lowest BCUT2D eigenvalue weighted by atomic mass is 9.95. The van der Waals surface area contributed by atoms with Gasteiger partial charge in [0.2, 0.25) is 0 Å². The Kier molecular flexibility index (Phi) is 8.81. The average Bonchev–Trinajstić information content (AvgIpc) is 3.28. The number of imidazole rings is 1. The molecule has 3 aromatic carbocycles. The van der Waals surface area contributed by atoms with E-state index in [1.165, 1.54) is 11.8 Å². The quantitative estimate of drug-likeness (QED) is 0.124. The number of nitrogens with two attached hydrogens (primary N) is 1. The first-order valence-electron chi connectivity index (χ1n) is 13.5. The fourth-order valence-corrected chi connectivity index (χ4v) is 5.33. The van der Waals surface area contributed by atoms with Gasteiger partial charge >= 0.3 is 5.97 Å². The maximum atomic E-state index is 13.0. The largest absolute Gasteiger partial charge is 0.464 e. The van der Waals surface area contributed by atoms with Crippen molar-refractivity contribution >= 4 is 14.3 Å². The summed E-state index contributed by atoms with van der Waals surface area (Å²) < 4.78 is 18.9. The van der Waals surface area contributed by atoms with Crippen molar-refractivity contribution in [2.75, 3.05) is 19.6 Å². The maximum absolute atomic E-state index is 13.0. The molecule has 1 unspecified atom stereocenters. The molecule has 2 N–H and O–H groups in total. The molecule has 0 aliphatic carbocycles. The number of ether oxygens (including phenoxy) is 2. The van der Waals surface area contributed by atoms with Gasteiger partial charge in [0.05, 0.1) is 7.11 Å². The number of nitrogen functional groups attached to an aromatic ring is 1. The summed E-state index contributed by atoms with van der Waals surface area (Å²) in [5, 5.41) is 0.100. The molecule has 0 saturated carbocycles. The van der Waals surface area contributed by atoms with Crippen LogP contribution in [0.1, 0.15) is 55.0 Å². The second-order valence-corrected chi connectivity index (χ2v) is 16.1. The third kappa shape index (κ3) is 6.46. The van der Waals surface area contributed by atoms with Crippen LogP contribution in [0.15, 0.2) is 84.9 Å². The molecule has 1 heterocycles. The van der Waals surface area contributed by atoms with Crippen molar-refractivity contribution in [3.63, 3.8) is 0 Å². The third-order valence-corrected chi connectivity index (χ3v) is 12.2. The molecule has 0 bridgehead atoms. The van der Waals surface area contributed by atoms with Crippen LogP contribution in [-0.2, 0) is 9.16 Å². The Labute approximate surface area is 238 Å². The van der Waals surface area contributed by atoms with Crippen LogP contribution in [-0.4, -0.2) is 37.7 Å². The van der Waals surface area contributed by atoms with Crippen molar-refractivity contribution in [1.29, 1.82) is 0 Å². The Bertz CT molecular complexity index is 1410. The van der Waals surface area contributed by atoms with E-state index in [0.717, 1.165) is 16.9 Å². The second kappa shape index (κ2) is 12.1. The third-order valence-electron chi connectivity index (χ3n) is 7.61. The molecule has 0 spiro atoms. The average molecular weight is 558 g/mol. The summed E-state index contributed by atoms with van der Waals surface area (Å²) >= 11 is 0. The molecule has 4 aromatic rings. The van der Waals surface area contributed by atoms with Gasteiger partial charge in [0, 0.05) is 18.1 Å². The van der Waals surface area contributed by atoms with Gasteiger partial charge in [0.1, 0.15) is 23.0 Å². The molecule has 4 rings (SSSR count). The molecule has 8 heteroatoms. The molecule has 0 aliphatic rings. The highest BCUT2D eigenvalue weighted by Crippen LogP contribution is 2.38. The van der Waals surface area contributed by atoms with Crippen LogP contribution in [0.3, 0.4) is 0 Å². The minimum atomic E-state index is -1.95. The Balaban J connectivity index is 1.70. The van der Waals surface area contributed by atoms with Crippen LogP contribution in [0.5, 0.6) is 11.5 Å². The second-order valence-electron chi connectivity index (χ2n) is 11.3. The maximum Gasteiger partial charge on any atom is 0.358 e. The van der Waals surface area contributed by atoms with Gasteiger partial charge in [0.15, 0.2) is 14.0 Å². The van der Waals surface area contributed by atoms with E-state index in [1.54, 1.807) is 0 Å². The van der Waals surface area contributed by atoms with Gasteiger partial charge in [-0.25, -0.2) is 14.5 Å². The number of aromatic nitrogens is 2. The Hall–Kier alpha value is -3.88. The number of methoxy groups -OCH3 is 1.